The number of halogens is 1. The van der Waals surface area contributed by atoms with Gasteiger partial charge in [0.2, 0.25) is 5.91 Å². The molecule has 2 aliphatic carbocycles. The Kier molecular flexibility index (Phi) is 5.10. The average molecular weight is 402 g/mol. The van der Waals surface area contributed by atoms with Crippen molar-refractivity contribution in [1.82, 2.24) is 0 Å². The zero-order valence-electron chi connectivity index (χ0n) is 15.4. The normalized spacial score (nSPS) is 23.5. The topological polar surface area (TPSA) is 75.3 Å². The largest absolute Gasteiger partial charge is 0.324 e. The Balaban J connectivity index is 1.46. The lowest BCUT2D eigenvalue weighted by molar-refractivity contribution is -0.117. The lowest BCUT2D eigenvalue weighted by Crippen LogP contribution is -2.21. The first-order valence-corrected chi connectivity index (χ1v) is 11.1. The summed E-state index contributed by atoms with van der Waals surface area (Å²) < 4.78 is 40.7. The van der Waals surface area contributed by atoms with Crippen molar-refractivity contribution in [1.29, 1.82) is 0 Å². The number of amides is 1. The van der Waals surface area contributed by atoms with Gasteiger partial charge in [-0.1, -0.05) is 18.6 Å². The molecule has 3 atom stereocenters. The molecule has 0 saturated heterocycles. The van der Waals surface area contributed by atoms with Crippen molar-refractivity contribution in [3.8, 4) is 0 Å². The third-order valence-electron chi connectivity index (χ3n) is 5.90. The molecule has 2 N–H and O–H groups in total. The summed E-state index contributed by atoms with van der Waals surface area (Å²) in [6, 6.07) is 11.3. The van der Waals surface area contributed by atoms with Gasteiger partial charge in [-0.2, -0.15) is 0 Å². The number of carbonyl (C=O) groups excluding carboxylic acids is 1. The molecule has 148 valence electrons. The molecule has 7 heteroatoms. The summed E-state index contributed by atoms with van der Waals surface area (Å²) >= 11 is 0. The number of sulfonamides is 1. The first kappa shape index (κ1) is 18.9. The van der Waals surface area contributed by atoms with Crippen LogP contribution >= 0.6 is 0 Å². The first-order chi connectivity index (χ1) is 13.4. The summed E-state index contributed by atoms with van der Waals surface area (Å²) in [5.74, 6) is 1.26. The fourth-order valence-electron chi connectivity index (χ4n) is 4.56. The number of hydrogen-bond donors (Lipinski definition) is 2. The van der Waals surface area contributed by atoms with E-state index in [1.165, 1.54) is 31.4 Å². The lowest BCUT2D eigenvalue weighted by atomic mass is 9.86. The number of nitrogens with one attached hydrogen (secondary N) is 2. The highest BCUT2D eigenvalue weighted by molar-refractivity contribution is 7.92. The Morgan fingerprint density at radius 2 is 1.71 bits per heavy atom. The van der Waals surface area contributed by atoms with Crippen LogP contribution in [0, 0.1) is 23.6 Å². The monoisotopic (exact) mass is 402 g/mol. The molecule has 1 amide bonds. The van der Waals surface area contributed by atoms with Gasteiger partial charge >= 0.3 is 0 Å². The minimum absolute atomic E-state index is 0.0444. The van der Waals surface area contributed by atoms with E-state index in [0.29, 0.717) is 23.9 Å². The number of hydrogen-bond acceptors (Lipinski definition) is 3. The third kappa shape index (κ3) is 4.04. The predicted octanol–water partition coefficient (Wildman–Crippen LogP) is 4.39. The number of anilines is 2. The van der Waals surface area contributed by atoms with Gasteiger partial charge in [0, 0.05) is 6.42 Å². The summed E-state index contributed by atoms with van der Waals surface area (Å²) in [5.41, 5.74) is 0.703. The van der Waals surface area contributed by atoms with Crippen molar-refractivity contribution < 1.29 is 17.6 Å². The molecule has 2 fully saturated rings. The Morgan fingerprint density at radius 1 is 1.00 bits per heavy atom. The molecular formula is C21H23FN2O3S. The molecule has 28 heavy (non-hydrogen) atoms. The standard InChI is InChI=1S/C21H23FN2O3S/c22-17-7-9-18(10-8-17)28(26,27)24-20-4-2-1-3-19(20)23-21(25)13-16-12-14-5-6-15(16)11-14/h1-4,7-10,14-16,24H,5-6,11-13H2,(H,23,25). The van der Waals surface area contributed by atoms with Gasteiger partial charge in [-0.05, 0) is 73.4 Å². The molecule has 0 heterocycles. The second-order valence-electron chi connectivity index (χ2n) is 7.79. The number of para-hydroxylation sites is 2. The Labute approximate surface area is 164 Å². The highest BCUT2D eigenvalue weighted by atomic mass is 32.2. The molecule has 2 aliphatic rings. The van der Waals surface area contributed by atoms with Crippen molar-refractivity contribution in [2.24, 2.45) is 17.8 Å². The fourth-order valence-corrected chi connectivity index (χ4v) is 5.64. The highest BCUT2D eigenvalue weighted by Crippen LogP contribution is 2.49. The van der Waals surface area contributed by atoms with Crippen molar-refractivity contribution in [2.75, 3.05) is 10.0 Å². The molecule has 2 saturated carbocycles. The van der Waals surface area contributed by atoms with Crippen molar-refractivity contribution in [3.63, 3.8) is 0 Å². The van der Waals surface area contributed by atoms with Gasteiger partial charge in [-0.25, -0.2) is 12.8 Å². The maximum Gasteiger partial charge on any atom is 0.261 e. The van der Waals surface area contributed by atoms with Gasteiger partial charge in [-0.3, -0.25) is 9.52 Å². The maximum atomic E-state index is 13.1. The SMILES string of the molecule is O=C(CC1CC2CCC1C2)Nc1ccccc1NS(=O)(=O)c1ccc(F)cc1. The summed E-state index contributed by atoms with van der Waals surface area (Å²) in [5, 5.41) is 2.85. The first-order valence-electron chi connectivity index (χ1n) is 9.58. The van der Waals surface area contributed by atoms with Gasteiger partial charge in [-0.15, -0.1) is 0 Å². The molecule has 2 aromatic carbocycles. The van der Waals surface area contributed by atoms with Crippen LogP contribution in [0.2, 0.25) is 0 Å². The van der Waals surface area contributed by atoms with Crippen LogP contribution in [0.5, 0.6) is 0 Å². The van der Waals surface area contributed by atoms with E-state index in [9.17, 15) is 17.6 Å². The van der Waals surface area contributed by atoms with E-state index >= 15 is 0 Å². The minimum Gasteiger partial charge on any atom is -0.324 e. The number of carbonyl (C=O) groups is 1. The predicted molar refractivity (Wildman–Crippen MR) is 106 cm³/mol. The Bertz CT molecular complexity index is 975. The lowest BCUT2D eigenvalue weighted by Gasteiger charge is -2.21. The van der Waals surface area contributed by atoms with E-state index in [4.69, 9.17) is 0 Å². The van der Waals surface area contributed by atoms with Crippen molar-refractivity contribution in [3.05, 3.63) is 54.3 Å². The van der Waals surface area contributed by atoms with Gasteiger partial charge in [0.1, 0.15) is 5.82 Å². The number of rotatable bonds is 6. The quantitative estimate of drug-likeness (QED) is 0.752. The van der Waals surface area contributed by atoms with Crippen LogP contribution in [-0.4, -0.2) is 14.3 Å². The average Bonchev–Trinajstić information content (AvgIpc) is 3.26. The van der Waals surface area contributed by atoms with Gasteiger partial charge in [0.05, 0.1) is 16.3 Å². The van der Waals surface area contributed by atoms with Gasteiger partial charge in [0.25, 0.3) is 10.0 Å². The molecule has 0 aliphatic heterocycles. The summed E-state index contributed by atoms with van der Waals surface area (Å²) in [6.45, 7) is 0. The third-order valence-corrected chi connectivity index (χ3v) is 7.28. The molecule has 2 aromatic rings. The van der Waals surface area contributed by atoms with Crippen LogP contribution in [0.15, 0.2) is 53.4 Å². The maximum absolute atomic E-state index is 13.1. The van der Waals surface area contributed by atoms with E-state index < -0.39 is 15.8 Å². The Hall–Kier alpha value is -2.41. The van der Waals surface area contributed by atoms with Crippen molar-refractivity contribution in [2.45, 2.75) is 37.0 Å². The van der Waals surface area contributed by atoms with E-state index in [2.05, 4.69) is 10.0 Å². The van der Waals surface area contributed by atoms with Crippen LogP contribution in [0.1, 0.15) is 32.1 Å². The molecule has 0 spiro atoms. The van der Waals surface area contributed by atoms with Crippen LogP contribution < -0.4 is 10.0 Å². The second-order valence-corrected chi connectivity index (χ2v) is 9.47. The van der Waals surface area contributed by atoms with Crippen LogP contribution in [0.3, 0.4) is 0 Å². The van der Waals surface area contributed by atoms with E-state index in [1.54, 1.807) is 24.3 Å². The molecular weight excluding hydrogens is 379 g/mol. The number of fused-ring (bicyclic) bond motifs is 2. The zero-order valence-corrected chi connectivity index (χ0v) is 16.2. The van der Waals surface area contributed by atoms with Gasteiger partial charge < -0.3 is 5.32 Å². The molecule has 3 unspecified atom stereocenters. The Morgan fingerprint density at radius 3 is 2.36 bits per heavy atom. The zero-order chi connectivity index (χ0) is 19.7. The fraction of sp³-hybridized carbons (Fsp3) is 0.381. The summed E-state index contributed by atoms with van der Waals surface area (Å²) in [4.78, 5) is 12.5. The summed E-state index contributed by atoms with van der Waals surface area (Å²) in [7, 11) is -3.89. The van der Waals surface area contributed by atoms with Crippen LogP contribution in [0.25, 0.3) is 0 Å². The molecule has 4 rings (SSSR count). The smallest absolute Gasteiger partial charge is 0.261 e. The van der Waals surface area contributed by atoms with Crippen LogP contribution in [0.4, 0.5) is 15.8 Å². The highest BCUT2D eigenvalue weighted by Gasteiger charge is 2.40. The van der Waals surface area contributed by atoms with E-state index in [0.717, 1.165) is 24.5 Å². The number of benzene rings is 2. The molecule has 0 radical (unpaired) electrons. The second kappa shape index (κ2) is 7.54. The van der Waals surface area contributed by atoms with Crippen LogP contribution in [-0.2, 0) is 14.8 Å². The van der Waals surface area contributed by atoms with Gasteiger partial charge in [0.15, 0.2) is 0 Å². The molecule has 2 bridgehead atoms. The molecule has 0 aromatic heterocycles. The summed E-state index contributed by atoms with van der Waals surface area (Å²) in [6.07, 6.45) is 5.34. The molecule has 5 nitrogen and oxygen atoms in total. The van der Waals surface area contributed by atoms with E-state index in [1.807, 2.05) is 0 Å². The minimum atomic E-state index is -3.89. The van der Waals surface area contributed by atoms with Crippen molar-refractivity contribution >= 4 is 27.3 Å². The van der Waals surface area contributed by atoms with E-state index in [-0.39, 0.29) is 16.5 Å².